The molecule has 0 aromatic carbocycles. The molecule has 0 aliphatic heterocycles. The number of carbonyl (C=O) groups excluding carboxylic acids is 1. The minimum atomic E-state index is -0.136. The summed E-state index contributed by atoms with van der Waals surface area (Å²) in [5.41, 5.74) is 7.02. The van der Waals surface area contributed by atoms with Crippen molar-refractivity contribution in [3.63, 3.8) is 0 Å². The average Bonchev–Trinajstić information content (AvgIpc) is 2.89. The minimum Gasteiger partial charge on any atom is -0.350 e. The molecule has 3 N–H and O–H groups in total. The maximum absolute atomic E-state index is 11.8. The number of hydrogen-bond donors (Lipinski definition) is 2. The van der Waals surface area contributed by atoms with Gasteiger partial charge in [-0.2, -0.15) is 0 Å². The fraction of sp³-hybridized carbons (Fsp3) is 0.308. The molecule has 0 aliphatic carbocycles. The molecule has 6 heteroatoms. The van der Waals surface area contributed by atoms with E-state index in [1.165, 1.54) is 11.3 Å². The lowest BCUT2D eigenvalue weighted by molar-refractivity contribution is 0.0949. The van der Waals surface area contributed by atoms with Crippen molar-refractivity contribution < 1.29 is 4.79 Å². The SMILES string of the molecule is NCCc1nc(C(=O)NCCc2cccnc2)cs1. The summed E-state index contributed by atoms with van der Waals surface area (Å²) in [6, 6.07) is 3.87. The van der Waals surface area contributed by atoms with Crippen LogP contribution in [-0.2, 0) is 12.8 Å². The zero-order valence-corrected chi connectivity index (χ0v) is 11.3. The van der Waals surface area contributed by atoms with Gasteiger partial charge in [-0.1, -0.05) is 6.07 Å². The van der Waals surface area contributed by atoms with Crippen LogP contribution in [0, 0.1) is 0 Å². The van der Waals surface area contributed by atoms with Crippen LogP contribution in [0.25, 0.3) is 0 Å². The molecule has 2 aromatic rings. The van der Waals surface area contributed by atoms with Gasteiger partial charge in [0.25, 0.3) is 5.91 Å². The summed E-state index contributed by atoms with van der Waals surface area (Å²) in [6.07, 6.45) is 5.01. The molecule has 0 unspecified atom stereocenters. The first-order valence-corrected chi connectivity index (χ1v) is 6.99. The number of amides is 1. The lowest BCUT2D eigenvalue weighted by Gasteiger charge is -2.02. The van der Waals surface area contributed by atoms with E-state index >= 15 is 0 Å². The number of hydrogen-bond acceptors (Lipinski definition) is 5. The number of carbonyl (C=O) groups is 1. The van der Waals surface area contributed by atoms with Gasteiger partial charge in [0.05, 0.1) is 5.01 Å². The van der Waals surface area contributed by atoms with Crippen LogP contribution < -0.4 is 11.1 Å². The highest BCUT2D eigenvalue weighted by molar-refractivity contribution is 7.09. The van der Waals surface area contributed by atoms with Crippen molar-refractivity contribution in [2.24, 2.45) is 5.73 Å². The van der Waals surface area contributed by atoms with Crippen molar-refractivity contribution in [2.45, 2.75) is 12.8 Å². The van der Waals surface area contributed by atoms with Crippen molar-refractivity contribution in [2.75, 3.05) is 13.1 Å². The van der Waals surface area contributed by atoms with Gasteiger partial charge < -0.3 is 11.1 Å². The molecule has 0 aliphatic rings. The zero-order chi connectivity index (χ0) is 13.5. The van der Waals surface area contributed by atoms with Crippen molar-refractivity contribution in [1.82, 2.24) is 15.3 Å². The molecule has 1 amide bonds. The number of pyridine rings is 1. The van der Waals surface area contributed by atoms with Gasteiger partial charge in [0.2, 0.25) is 0 Å². The third-order valence-corrected chi connectivity index (χ3v) is 3.47. The van der Waals surface area contributed by atoms with Crippen LogP contribution in [0.1, 0.15) is 21.1 Å². The van der Waals surface area contributed by atoms with Gasteiger partial charge in [0.1, 0.15) is 5.69 Å². The van der Waals surface area contributed by atoms with E-state index in [2.05, 4.69) is 15.3 Å². The van der Waals surface area contributed by atoms with E-state index in [-0.39, 0.29) is 5.91 Å². The second-order valence-electron chi connectivity index (χ2n) is 4.03. The smallest absolute Gasteiger partial charge is 0.270 e. The highest BCUT2D eigenvalue weighted by Gasteiger charge is 2.09. The Bertz CT molecular complexity index is 526. The van der Waals surface area contributed by atoms with Crippen LogP contribution in [0.3, 0.4) is 0 Å². The molecular weight excluding hydrogens is 260 g/mol. The molecule has 2 rings (SSSR count). The minimum absolute atomic E-state index is 0.136. The molecule has 0 saturated carbocycles. The summed E-state index contributed by atoms with van der Waals surface area (Å²) in [5.74, 6) is -0.136. The molecule has 0 saturated heterocycles. The molecule has 0 spiro atoms. The standard InChI is InChI=1S/C13H16N4OS/c14-5-3-12-17-11(9-19-12)13(18)16-7-4-10-2-1-6-15-8-10/h1-2,6,8-9H,3-5,7,14H2,(H,16,18). The van der Waals surface area contributed by atoms with Crippen molar-refractivity contribution in [3.05, 3.63) is 46.2 Å². The number of nitrogens with zero attached hydrogens (tertiary/aromatic N) is 2. The maximum Gasteiger partial charge on any atom is 0.270 e. The predicted molar refractivity (Wildman–Crippen MR) is 75.1 cm³/mol. The number of thiazole rings is 1. The van der Waals surface area contributed by atoms with Crippen LogP contribution in [0.4, 0.5) is 0 Å². The summed E-state index contributed by atoms with van der Waals surface area (Å²) in [5, 5.41) is 5.52. The highest BCUT2D eigenvalue weighted by atomic mass is 32.1. The van der Waals surface area contributed by atoms with E-state index in [4.69, 9.17) is 5.73 Å². The van der Waals surface area contributed by atoms with Crippen molar-refractivity contribution in [1.29, 1.82) is 0 Å². The van der Waals surface area contributed by atoms with Gasteiger partial charge in [0.15, 0.2) is 0 Å². The van der Waals surface area contributed by atoms with Crippen LogP contribution in [0.5, 0.6) is 0 Å². The summed E-state index contributed by atoms with van der Waals surface area (Å²) < 4.78 is 0. The Hall–Kier alpha value is -1.79. The fourth-order valence-electron chi connectivity index (χ4n) is 1.61. The molecule has 2 aromatic heterocycles. The number of nitrogens with two attached hydrogens (primary N) is 1. The van der Waals surface area contributed by atoms with Gasteiger partial charge in [-0.25, -0.2) is 4.98 Å². The Morgan fingerprint density at radius 1 is 1.42 bits per heavy atom. The molecular formula is C13H16N4OS. The topological polar surface area (TPSA) is 80.9 Å². The Labute approximate surface area is 115 Å². The first-order chi connectivity index (χ1) is 9.29. The van der Waals surface area contributed by atoms with Gasteiger partial charge >= 0.3 is 0 Å². The quantitative estimate of drug-likeness (QED) is 0.825. The summed E-state index contributed by atoms with van der Waals surface area (Å²) in [6.45, 7) is 1.13. The van der Waals surface area contributed by atoms with Gasteiger partial charge in [-0.05, 0) is 24.6 Å². The van der Waals surface area contributed by atoms with Crippen molar-refractivity contribution in [3.8, 4) is 0 Å². The summed E-state index contributed by atoms with van der Waals surface area (Å²) in [7, 11) is 0. The molecule has 0 radical (unpaired) electrons. The largest absolute Gasteiger partial charge is 0.350 e. The molecule has 2 heterocycles. The first kappa shape index (κ1) is 13.6. The van der Waals surface area contributed by atoms with Crippen molar-refractivity contribution >= 4 is 17.2 Å². The molecule has 19 heavy (non-hydrogen) atoms. The molecule has 0 atom stereocenters. The zero-order valence-electron chi connectivity index (χ0n) is 10.5. The normalized spacial score (nSPS) is 10.4. The lowest BCUT2D eigenvalue weighted by Crippen LogP contribution is -2.26. The molecule has 0 bridgehead atoms. The van der Waals surface area contributed by atoms with Crippen LogP contribution >= 0.6 is 11.3 Å². The Kier molecular flexibility index (Phi) is 5.00. The lowest BCUT2D eigenvalue weighted by atomic mass is 10.2. The van der Waals surface area contributed by atoms with Crippen LogP contribution in [0.2, 0.25) is 0 Å². The van der Waals surface area contributed by atoms with E-state index < -0.39 is 0 Å². The number of aromatic nitrogens is 2. The van der Waals surface area contributed by atoms with Gasteiger partial charge in [-0.15, -0.1) is 11.3 Å². The highest BCUT2D eigenvalue weighted by Crippen LogP contribution is 2.09. The summed E-state index contributed by atoms with van der Waals surface area (Å²) >= 11 is 1.47. The number of nitrogens with one attached hydrogen (secondary N) is 1. The third kappa shape index (κ3) is 4.11. The second kappa shape index (κ2) is 6.96. The second-order valence-corrected chi connectivity index (χ2v) is 4.97. The Morgan fingerprint density at radius 3 is 3.05 bits per heavy atom. The average molecular weight is 276 g/mol. The van der Waals surface area contributed by atoms with E-state index in [9.17, 15) is 4.79 Å². The van der Waals surface area contributed by atoms with E-state index in [0.717, 1.165) is 17.0 Å². The third-order valence-electron chi connectivity index (χ3n) is 2.56. The molecule has 5 nitrogen and oxygen atoms in total. The molecule has 0 fully saturated rings. The van der Waals surface area contributed by atoms with Crippen LogP contribution in [-0.4, -0.2) is 29.0 Å². The Balaban J connectivity index is 1.80. The first-order valence-electron chi connectivity index (χ1n) is 6.11. The predicted octanol–water partition coefficient (Wildman–Crippen LogP) is 1.01. The Morgan fingerprint density at radius 2 is 2.32 bits per heavy atom. The fourth-order valence-corrected chi connectivity index (χ4v) is 2.40. The monoisotopic (exact) mass is 276 g/mol. The maximum atomic E-state index is 11.8. The van der Waals surface area contributed by atoms with E-state index in [1.807, 2.05) is 12.1 Å². The van der Waals surface area contributed by atoms with Crippen LogP contribution in [0.15, 0.2) is 29.9 Å². The van der Waals surface area contributed by atoms with Gasteiger partial charge in [-0.3, -0.25) is 9.78 Å². The summed E-state index contributed by atoms with van der Waals surface area (Å²) in [4.78, 5) is 20.1. The number of rotatable bonds is 6. The van der Waals surface area contributed by atoms with E-state index in [0.29, 0.717) is 25.2 Å². The van der Waals surface area contributed by atoms with E-state index in [1.54, 1.807) is 17.8 Å². The van der Waals surface area contributed by atoms with Gasteiger partial charge in [0, 0.05) is 30.7 Å². The molecule has 100 valence electrons.